The Morgan fingerprint density at radius 3 is 2.52 bits per heavy atom. The second-order valence-corrected chi connectivity index (χ2v) is 6.11. The predicted octanol–water partition coefficient (Wildman–Crippen LogP) is 2.46. The molecule has 1 fully saturated rings. The lowest BCUT2D eigenvalue weighted by molar-refractivity contribution is 0.103. The van der Waals surface area contributed by atoms with Crippen molar-refractivity contribution >= 4 is 0 Å². The van der Waals surface area contributed by atoms with Crippen LogP contribution in [0.25, 0.3) is 0 Å². The minimum absolute atomic E-state index is 0.0819. The Bertz CT molecular complexity index is 440. The van der Waals surface area contributed by atoms with Crippen molar-refractivity contribution in [3.8, 4) is 0 Å². The van der Waals surface area contributed by atoms with Gasteiger partial charge in [-0.2, -0.15) is 0 Å². The Balaban J connectivity index is 1.93. The maximum absolute atomic E-state index is 14.0. The molecular formula is C17H28FN3. The van der Waals surface area contributed by atoms with E-state index in [1.807, 2.05) is 12.1 Å². The third-order valence-corrected chi connectivity index (χ3v) is 4.22. The average Bonchev–Trinajstić information content (AvgIpc) is 2.48. The fourth-order valence-electron chi connectivity index (χ4n) is 2.81. The highest BCUT2D eigenvalue weighted by atomic mass is 19.1. The topological polar surface area (TPSA) is 18.5 Å². The van der Waals surface area contributed by atoms with E-state index in [1.165, 1.54) is 0 Å². The van der Waals surface area contributed by atoms with Crippen LogP contribution in [0.5, 0.6) is 0 Å². The van der Waals surface area contributed by atoms with Gasteiger partial charge in [0.1, 0.15) is 5.82 Å². The number of rotatable bonds is 6. The molecule has 0 saturated carbocycles. The van der Waals surface area contributed by atoms with Crippen molar-refractivity contribution < 1.29 is 4.39 Å². The van der Waals surface area contributed by atoms with Crippen LogP contribution >= 0.6 is 0 Å². The smallest absolute Gasteiger partial charge is 0.127 e. The molecule has 21 heavy (non-hydrogen) atoms. The first-order valence-electron chi connectivity index (χ1n) is 8.04. The Labute approximate surface area is 128 Å². The molecule has 1 saturated heterocycles. The number of nitrogens with one attached hydrogen (secondary N) is 1. The number of nitrogens with zero attached hydrogens (tertiary/aromatic N) is 2. The molecule has 0 amide bonds. The van der Waals surface area contributed by atoms with Crippen LogP contribution in [0.3, 0.4) is 0 Å². The third kappa shape index (κ3) is 4.77. The van der Waals surface area contributed by atoms with Gasteiger partial charge < -0.3 is 5.32 Å². The lowest BCUT2D eigenvalue weighted by Crippen LogP contribution is -2.48. The number of halogens is 1. The fraction of sp³-hybridized carbons (Fsp3) is 0.647. The van der Waals surface area contributed by atoms with E-state index in [0.29, 0.717) is 6.04 Å². The molecule has 0 aliphatic carbocycles. The molecule has 1 aliphatic heterocycles. The molecule has 1 aromatic carbocycles. The highest BCUT2D eigenvalue weighted by Crippen LogP contribution is 2.15. The zero-order valence-electron chi connectivity index (χ0n) is 13.5. The third-order valence-electron chi connectivity index (χ3n) is 4.22. The maximum atomic E-state index is 14.0. The normalized spacial score (nSPS) is 17.6. The largest absolute Gasteiger partial charge is 0.313 e. The monoisotopic (exact) mass is 293 g/mol. The molecule has 1 aromatic rings. The van der Waals surface area contributed by atoms with Crippen molar-refractivity contribution in [3.63, 3.8) is 0 Å². The summed E-state index contributed by atoms with van der Waals surface area (Å²) < 4.78 is 14.0. The van der Waals surface area contributed by atoms with Crippen molar-refractivity contribution in [3.05, 3.63) is 35.1 Å². The van der Waals surface area contributed by atoms with Crippen LogP contribution in [0.4, 0.5) is 4.39 Å². The van der Waals surface area contributed by atoms with Gasteiger partial charge in [0.15, 0.2) is 0 Å². The van der Waals surface area contributed by atoms with Crippen molar-refractivity contribution in [2.45, 2.75) is 39.9 Å². The van der Waals surface area contributed by atoms with Gasteiger partial charge in [-0.25, -0.2) is 4.39 Å². The molecule has 0 atom stereocenters. The number of benzene rings is 1. The molecule has 0 bridgehead atoms. The summed E-state index contributed by atoms with van der Waals surface area (Å²) in [5, 5.41) is 3.29. The van der Waals surface area contributed by atoms with Crippen LogP contribution in [-0.4, -0.2) is 48.6 Å². The first-order valence-corrected chi connectivity index (χ1v) is 8.04. The lowest BCUT2D eigenvalue weighted by Gasteiger charge is -2.37. The van der Waals surface area contributed by atoms with Crippen molar-refractivity contribution in [2.75, 3.05) is 32.7 Å². The molecule has 0 spiro atoms. The van der Waals surface area contributed by atoms with E-state index in [0.717, 1.165) is 56.9 Å². The Hall–Kier alpha value is -0.970. The van der Waals surface area contributed by atoms with Crippen LogP contribution in [0.15, 0.2) is 18.2 Å². The number of piperazine rings is 1. The summed E-state index contributed by atoms with van der Waals surface area (Å²) in [5.41, 5.74) is 1.98. The molecule has 4 heteroatoms. The molecule has 3 nitrogen and oxygen atoms in total. The van der Waals surface area contributed by atoms with Crippen molar-refractivity contribution in [1.82, 2.24) is 15.1 Å². The zero-order valence-corrected chi connectivity index (χ0v) is 13.5. The summed E-state index contributed by atoms with van der Waals surface area (Å²) in [6, 6.07) is 6.09. The molecule has 0 aromatic heterocycles. The Morgan fingerprint density at radius 2 is 1.90 bits per heavy atom. The first kappa shape index (κ1) is 16.4. The first-order chi connectivity index (χ1) is 10.1. The van der Waals surface area contributed by atoms with Crippen LogP contribution in [0, 0.1) is 5.82 Å². The highest BCUT2D eigenvalue weighted by molar-refractivity contribution is 5.25. The average molecular weight is 293 g/mol. The number of hydrogen-bond acceptors (Lipinski definition) is 3. The van der Waals surface area contributed by atoms with Crippen molar-refractivity contribution in [2.24, 2.45) is 0 Å². The van der Waals surface area contributed by atoms with Crippen molar-refractivity contribution in [1.29, 1.82) is 0 Å². The van der Waals surface area contributed by atoms with E-state index < -0.39 is 0 Å². The van der Waals surface area contributed by atoms with Gasteiger partial charge in [0.2, 0.25) is 0 Å². The molecule has 1 heterocycles. The standard InChI is InChI=1S/C17H28FN3/c1-4-19-12-15-5-6-17(18)16(11-15)13-20-7-9-21(10-8-20)14(2)3/h5-6,11,14,19H,4,7-10,12-13H2,1-3H3. The summed E-state index contributed by atoms with van der Waals surface area (Å²) >= 11 is 0. The van der Waals surface area contributed by atoms with Gasteiger partial charge in [-0.05, 0) is 32.0 Å². The van der Waals surface area contributed by atoms with Gasteiger partial charge in [0, 0.05) is 50.9 Å². The van der Waals surface area contributed by atoms with Crippen LogP contribution in [0.2, 0.25) is 0 Å². The summed E-state index contributed by atoms with van der Waals surface area (Å²) in [4.78, 5) is 4.84. The lowest BCUT2D eigenvalue weighted by atomic mass is 10.1. The number of hydrogen-bond donors (Lipinski definition) is 1. The van der Waals surface area contributed by atoms with Gasteiger partial charge >= 0.3 is 0 Å². The fourth-order valence-corrected chi connectivity index (χ4v) is 2.81. The summed E-state index contributed by atoms with van der Waals surface area (Å²) in [6.07, 6.45) is 0. The van der Waals surface area contributed by atoms with E-state index in [4.69, 9.17) is 0 Å². The van der Waals surface area contributed by atoms with Gasteiger partial charge in [0.05, 0.1) is 0 Å². The molecule has 1 aliphatic rings. The van der Waals surface area contributed by atoms with E-state index in [-0.39, 0.29) is 5.82 Å². The molecule has 0 unspecified atom stereocenters. The summed E-state index contributed by atoms with van der Waals surface area (Å²) in [7, 11) is 0. The summed E-state index contributed by atoms with van der Waals surface area (Å²) in [6.45, 7) is 13.2. The van der Waals surface area contributed by atoms with Gasteiger partial charge in [-0.3, -0.25) is 9.80 Å². The molecular weight excluding hydrogens is 265 g/mol. The van der Waals surface area contributed by atoms with E-state index >= 15 is 0 Å². The second kappa shape index (κ2) is 7.87. The maximum Gasteiger partial charge on any atom is 0.127 e. The van der Waals surface area contributed by atoms with Gasteiger partial charge in [-0.1, -0.05) is 19.1 Å². The van der Waals surface area contributed by atoms with Crippen LogP contribution in [-0.2, 0) is 13.1 Å². The van der Waals surface area contributed by atoms with Gasteiger partial charge in [0.25, 0.3) is 0 Å². The second-order valence-electron chi connectivity index (χ2n) is 6.11. The SMILES string of the molecule is CCNCc1ccc(F)c(CN2CCN(C(C)C)CC2)c1. The Morgan fingerprint density at radius 1 is 1.19 bits per heavy atom. The zero-order chi connectivity index (χ0) is 15.2. The van der Waals surface area contributed by atoms with Crippen LogP contribution < -0.4 is 5.32 Å². The van der Waals surface area contributed by atoms with Crippen LogP contribution in [0.1, 0.15) is 31.9 Å². The summed E-state index contributed by atoms with van der Waals surface area (Å²) in [5.74, 6) is -0.0819. The minimum atomic E-state index is -0.0819. The predicted molar refractivity (Wildman–Crippen MR) is 85.8 cm³/mol. The van der Waals surface area contributed by atoms with E-state index in [9.17, 15) is 4.39 Å². The van der Waals surface area contributed by atoms with E-state index in [2.05, 4.69) is 35.9 Å². The molecule has 2 rings (SSSR count). The minimum Gasteiger partial charge on any atom is -0.313 e. The molecule has 0 radical (unpaired) electrons. The Kier molecular flexibility index (Phi) is 6.15. The highest BCUT2D eigenvalue weighted by Gasteiger charge is 2.19. The molecule has 1 N–H and O–H groups in total. The quantitative estimate of drug-likeness (QED) is 0.869. The van der Waals surface area contributed by atoms with Gasteiger partial charge in [-0.15, -0.1) is 0 Å². The van der Waals surface area contributed by atoms with E-state index in [1.54, 1.807) is 6.07 Å². The molecule has 118 valence electrons.